The van der Waals surface area contributed by atoms with Crippen molar-refractivity contribution in [2.45, 2.75) is 40.7 Å². The Morgan fingerprint density at radius 2 is 1.64 bits per heavy atom. The standard InChI is InChI=1S/C11H19N3/c1-7(2)5-10-8(3)13-11(6-12)14-9(10)4/h7H,5-6,12H2,1-4H3. The van der Waals surface area contributed by atoms with Gasteiger partial charge in [0.15, 0.2) is 0 Å². The smallest absolute Gasteiger partial charge is 0.142 e. The highest BCUT2D eigenvalue weighted by Gasteiger charge is 2.08. The molecule has 0 saturated carbocycles. The van der Waals surface area contributed by atoms with E-state index < -0.39 is 0 Å². The molecular weight excluding hydrogens is 174 g/mol. The number of rotatable bonds is 3. The number of nitrogens with zero attached hydrogens (tertiary/aromatic N) is 2. The highest BCUT2D eigenvalue weighted by atomic mass is 14.9. The topological polar surface area (TPSA) is 51.8 Å². The van der Waals surface area contributed by atoms with Crippen LogP contribution < -0.4 is 5.73 Å². The van der Waals surface area contributed by atoms with Gasteiger partial charge in [0.05, 0.1) is 6.54 Å². The molecule has 0 unspecified atom stereocenters. The predicted molar refractivity (Wildman–Crippen MR) is 57.9 cm³/mol. The Morgan fingerprint density at radius 3 is 2.00 bits per heavy atom. The summed E-state index contributed by atoms with van der Waals surface area (Å²) in [5, 5.41) is 0. The van der Waals surface area contributed by atoms with Crippen LogP contribution in [0.3, 0.4) is 0 Å². The van der Waals surface area contributed by atoms with Gasteiger partial charge in [0, 0.05) is 11.4 Å². The largest absolute Gasteiger partial charge is 0.324 e. The minimum Gasteiger partial charge on any atom is -0.324 e. The first-order valence-corrected chi connectivity index (χ1v) is 5.07. The van der Waals surface area contributed by atoms with Crippen molar-refractivity contribution in [1.82, 2.24) is 9.97 Å². The molecule has 1 aromatic heterocycles. The molecule has 2 N–H and O–H groups in total. The summed E-state index contributed by atoms with van der Waals surface area (Å²) >= 11 is 0. The molecular formula is C11H19N3. The molecule has 1 rings (SSSR count). The number of hydrogen-bond donors (Lipinski definition) is 1. The Balaban J connectivity index is 3.05. The normalized spacial score (nSPS) is 11.0. The Labute approximate surface area is 85.8 Å². The predicted octanol–water partition coefficient (Wildman–Crippen LogP) is 1.75. The van der Waals surface area contributed by atoms with Crippen LogP contribution in [0.1, 0.15) is 36.6 Å². The zero-order chi connectivity index (χ0) is 10.7. The maximum Gasteiger partial charge on any atom is 0.142 e. The van der Waals surface area contributed by atoms with Gasteiger partial charge in [-0.05, 0) is 31.7 Å². The Kier molecular flexibility index (Phi) is 3.58. The van der Waals surface area contributed by atoms with Crippen LogP contribution in [-0.2, 0) is 13.0 Å². The van der Waals surface area contributed by atoms with E-state index in [1.165, 1.54) is 5.56 Å². The van der Waals surface area contributed by atoms with E-state index in [2.05, 4.69) is 23.8 Å². The summed E-state index contributed by atoms with van der Waals surface area (Å²) in [4.78, 5) is 8.74. The SMILES string of the molecule is Cc1nc(CN)nc(C)c1CC(C)C. The monoisotopic (exact) mass is 193 g/mol. The third kappa shape index (κ3) is 2.51. The first-order chi connectivity index (χ1) is 6.54. The summed E-state index contributed by atoms with van der Waals surface area (Å²) in [5.74, 6) is 1.38. The molecule has 0 radical (unpaired) electrons. The molecule has 0 atom stereocenters. The highest BCUT2D eigenvalue weighted by molar-refractivity contribution is 5.24. The van der Waals surface area contributed by atoms with Gasteiger partial charge < -0.3 is 5.73 Å². The van der Waals surface area contributed by atoms with Gasteiger partial charge in [-0.3, -0.25) is 0 Å². The van der Waals surface area contributed by atoms with Crippen molar-refractivity contribution in [3.63, 3.8) is 0 Å². The van der Waals surface area contributed by atoms with Crippen molar-refractivity contribution in [3.05, 3.63) is 22.8 Å². The maximum absolute atomic E-state index is 5.51. The fourth-order valence-corrected chi connectivity index (χ4v) is 1.60. The summed E-state index contributed by atoms with van der Waals surface area (Å²) in [6, 6.07) is 0. The van der Waals surface area contributed by atoms with Gasteiger partial charge in [-0.15, -0.1) is 0 Å². The Morgan fingerprint density at radius 1 is 1.14 bits per heavy atom. The van der Waals surface area contributed by atoms with E-state index in [1.54, 1.807) is 0 Å². The van der Waals surface area contributed by atoms with Gasteiger partial charge in [-0.25, -0.2) is 9.97 Å². The lowest BCUT2D eigenvalue weighted by Gasteiger charge is -2.11. The zero-order valence-corrected chi connectivity index (χ0v) is 9.46. The molecule has 1 aromatic rings. The summed E-state index contributed by atoms with van der Waals surface area (Å²) in [5.41, 5.74) is 8.94. The van der Waals surface area contributed by atoms with Crippen molar-refractivity contribution < 1.29 is 0 Å². The van der Waals surface area contributed by atoms with Gasteiger partial charge >= 0.3 is 0 Å². The number of nitrogens with two attached hydrogens (primary N) is 1. The van der Waals surface area contributed by atoms with Crippen LogP contribution in [0.15, 0.2) is 0 Å². The van der Waals surface area contributed by atoms with Gasteiger partial charge in [0.2, 0.25) is 0 Å². The van der Waals surface area contributed by atoms with E-state index in [0.29, 0.717) is 12.5 Å². The summed E-state index contributed by atoms with van der Waals surface area (Å²) < 4.78 is 0. The van der Waals surface area contributed by atoms with Crippen molar-refractivity contribution in [2.24, 2.45) is 11.7 Å². The van der Waals surface area contributed by atoms with Crippen LogP contribution in [0.5, 0.6) is 0 Å². The van der Waals surface area contributed by atoms with Crippen LogP contribution in [0.25, 0.3) is 0 Å². The van der Waals surface area contributed by atoms with E-state index in [-0.39, 0.29) is 0 Å². The average Bonchev–Trinajstić information content (AvgIpc) is 2.10. The molecule has 78 valence electrons. The fraction of sp³-hybridized carbons (Fsp3) is 0.636. The van der Waals surface area contributed by atoms with E-state index in [4.69, 9.17) is 5.73 Å². The molecule has 0 aliphatic heterocycles. The van der Waals surface area contributed by atoms with Crippen LogP contribution in [0.4, 0.5) is 0 Å². The second-order valence-electron chi connectivity index (χ2n) is 4.09. The second-order valence-corrected chi connectivity index (χ2v) is 4.09. The molecule has 0 saturated heterocycles. The zero-order valence-electron chi connectivity index (χ0n) is 9.46. The van der Waals surface area contributed by atoms with Gasteiger partial charge in [0.25, 0.3) is 0 Å². The van der Waals surface area contributed by atoms with Crippen molar-refractivity contribution in [2.75, 3.05) is 0 Å². The molecule has 3 nitrogen and oxygen atoms in total. The highest BCUT2D eigenvalue weighted by Crippen LogP contribution is 2.14. The number of aryl methyl sites for hydroxylation is 2. The summed E-state index contributed by atoms with van der Waals surface area (Å²) in [6.07, 6.45) is 1.04. The summed E-state index contributed by atoms with van der Waals surface area (Å²) in [7, 11) is 0. The minimum absolute atomic E-state index is 0.420. The lowest BCUT2D eigenvalue weighted by molar-refractivity contribution is 0.633. The molecule has 0 aromatic carbocycles. The molecule has 3 heteroatoms. The minimum atomic E-state index is 0.420. The Bertz CT molecular complexity index is 295. The lowest BCUT2D eigenvalue weighted by Crippen LogP contribution is -2.10. The number of hydrogen-bond acceptors (Lipinski definition) is 3. The van der Waals surface area contributed by atoms with Crippen molar-refractivity contribution in [1.29, 1.82) is 0 Å². The average molecular weight is 193 g/mol. The van der Waals surface area contributed by atoms with E-state index in [0.717, 1.165) is 23.6 Å². The van der Waals surface area contributed by atoms with Crippen LogP contribution in [0, 0.1) is 19.8 Å². The molecule has 0 aliphatic rings. The molecule has 0 fully saturated rings. The fourth-order valence-electron chi connectivity index (χ4n) is 1.60. The molecule has 0 spiro atoms. The van der Waals surface area contributed by atoms with Crippen molar-refractivity contribution >= 4 is 0 Å². The second kappa shape index (κ2) is 4.51. The van der Waals surface area contributed by atoms with E-state index in [9.17, 15) is 0 Å². The van der Waals surface area contributed by atoms with Gasteiger partial charge in [0.1, 0.15) is 5.82 Å². The molecule has 0 bridgehead atoms. The van der Waals surface area contributed by atoms with E-state index in [1.807, 2.05) is 13.8 Å². The Hall–Kier alpha value is -0.960. The van der Waals surface area contributed by atoms with Crippen LogP contribution in [-0.4, -0.2) is 9.97 Å². The lowest BCUT2D eigenvalue weighted by atomic mass is 10.0. The first-order valence-electron chi connectivity index (χ1n) is 5.07. The maximum atomic E-state index is 5.51. The van der Waals surface area contributed by atoms with Crippen LogP contribution >= 0.6 is 0 Å². The quantitative estimate of drug-likeness (QED) is 0.795. The molecule has 1 heterocycles. The third-order valence-electron chi connectivity index (χ3n) is 2.26. The summed E-state index contributed by atoms with van der Waals surface area (Å²) in [6.45, 7) is 8.90. The molecule has 14 heavy (non-hydrogen) atoms. The van der Waals surface area contributed by atoms with Gasteiger partial charge in [-0.2, -0.15) is 0 Å². The van der Waals surface area contributed by atoms with Crippen molar-refractivity contribution in [3.8, 4) is 0 Å². The van der Waals surface area contributed by atoms with E-state index >= 15 is 0 Å². The molecule has 0 amide bonds. The van der Waals surface area contributed by atoms with Gasteiger partial charge in [-0.1, -0.05) is 13.8 Å². The molecule has 0 aliphatic carbocycles. The van der Waals surface area contributed by atoms with Crippen LogP contribution in [0.2, 0.25) is 0 Å². The third-order valence-corrected chi connectivity index (χ3v) is 2.26. The number of aromatic nitrogens is 2. The first kappa shape index (κ1) is 11.1.